The van der Waals surface area contributed by atoms with E-state index in [9.17, 15) is 9.59 Å². The van der Waals surface area contributed by atoms with Gasteiger partial charge in [-0.05, 0) is 38.8 Å². The average molecular weight is 461 g/mol. The lowest BCUT2D eigenvalue weighted by molar-refractivity contribution is 0.0514. The van der Waals surface area contributed by atoms with Crippen LogP contribution in [0.1, 0.15) is 57.2 Å². The molecule has 1 amide bonds. The average Bonchev–Trinajstić information content (AvgIpc) is 3.43. The van der Waals surface area contributed by atoms with Gasteiger partial charge in [-0.1, -0.05) is 16.8 Å². The maximum atomic E-state index is 12.8. The first-order valence-electron chi connectivity index (χ1n) is 9.98. The van der Waals surface area contributed by atoms with E-state index in [1.54, 1.807) is 19.1 Å². The predicted octanol–water partition coefficient (Wildman–Crippen LogP) is 4.35. The van der Waals surface area contributed by atoms with Gasteiger partial charge in [-0.2, -0.15) is 0 Å². The van der Waals surface area contributed by atoms with Crippen molar-refractivity contribution in [3.8, 4) is 11.5 Å². The Kier molecular flexibility index (Phi) is 6.33. The number of ether oxygens (including phenoxy) is 1. The Bertz CT molecular complexity index is 1100. The summed E-state index contributed by atoms with van der Waals surface area (Å²) in [6.07, 6.45) is 1.61. The van der Waals surface area contributed by atoms with Crippen molar-refractivity contribution in [3.63, 3.8) is 0 Å². The van der Waals surface area contributed by atoms with Crippen molar-refractivity contribution in [2.24, 2.45) is 0 Å². The minimum absolute atomic E-state index is 0.0936. The molecule has 0 saturated carbocycles. The summed E-state index contributed by atoms with van der Waals surface area (Å²) in [6, 6.07) is 5.06. The van der Waals surface area contributed by atoms with Gasteiger partial charge in [0.25, 0.3) is 5.91 Å². The first-order valence-corrected chi connectivity index (χ1v) is 11.2. The number of esters is 1. The van der Waals surface area contributed by atoms with Crippen LogP contribution in [0.2, 0.25) is 5.15 Å². The monoisotopic (exact) mass is 460 g/mol. The van der Waals surface area contributed by atoms with Crippen LogP contribution in [0.15, 0.2) is 28.1 Å². The summed E-state index contributed by atoms with van der Waals surface area (Å²) >= 11 is 7.70. The Morgan fingerprint density at radius 3 is 2.77 bits per heavy atom. The zero-order chi connectivity index (χ0) is 22.0. The summed E-state index contributed by atoms with van der Waals surface area (Å²) in [5.41, 5.74) is 1.98. The van der Waals surface area contributed by atoms with E-state index in [-0.39, 0.29) is 29.3 Å². The third kappa shape index (κ3) is 4.62. The fourth-order valence-corrected chi connectivity index (χ4v) is 4.73. The smallest absolute Gasteiger partial charge is 0.360 e. The van der Waals surface area contributed by atoms with E-state index >= 15 is 0 Å². The molecule has 1 saturated heterocycles. The highest BCUT2D eigenvalue weighted by molar-refractivity contribution is 7.10. The predicted molar refractivity (Wildman–Crippen MR) is 115 cm³/mol. The molecule has 0 bridgehead atoms. The van der Waals surface area contributed by atoms with Gasteiger partial charge < -0.3 is 14.2 Å². The van der Waals surface area contributed by atoms with Crippen LogP contribution in [-0.2, 0) is 4.74 Å². The molecule has 0 N–H and O–H groups in total. The number of carbonyl (C=O) groups is 2. The quantitative estimate of drug-likeness (QED) is 0.412. The van der Waals surface area contributed by atoms with Gasteiger partial charge >= 0.3 is 5.97 Å². The van der Waals surface area contributed by atoms with Gasteiger partial charge in [0.2, 0.25) is 0 Å². The third-order valence-corrected chi connectivity index (χ3v) is 6.41. The van der Waals surface area contributed by atoms with Gasteiger partial charge in [0.05, 0.1) is 17.2 Å². The number of halogens is 1. The van der Waals surface area contributed by atoms with Gasteiger partial charge in [0.1, 0.15) is 10.8 Å². The molecular weight excluding hydrogens is 440 g/mol. The molecule has 31 heavy (non-hydrogen) atoms. The molecule has 0 unspecified atom stereocenters. The van der Waals surface area contributed by atoms with Crippen molar-refractivity contribution in [2.45, 2.75) is 32.6 Å². The third-order valence-electron chi connectivity index (χ3n) is 5.12. The lowest BCUT2D eigenvalue weighted by Crippen LogP contribution is -2.38. The molecule has 1 aliphatic heterocycles. The van der Waals surface area contributed by atoms with E-state index in [0.717, 1.165) is 23.5 Å². The molecule has 4 rings (SSSR count). The zero-order valence-corrected chi connectivity index (χ0v) is 18.7. The molecule has 162 valence electrons. The summed E-state index contributed by atoms with van der Waals surface area (Å²) in [7, 11) is 0. The molecule has 0 radical (unpaired) electrons. The molecule has 4 heterocycles. The second kappa shape index (κ2) is 9.15. The maximum absolute atomic E-state index is 12.8. The largest absolute Gasteiger partial charge is 0.461 e. The van der Waals surface area contributed by atoms with E-state index in [4.69, 9.17) is 20.9 Å². The molecule has 0 aromatic carbocycles. The highest BCUT2D eigenvalue weighted by Gasteiger charge is 2.28. The number of aromatic nitrogens is 3. The molecule has 8 nitrogen and oxygen atoms in total. The van der Waals surface area contributed by atoms with E-state index in [1.807, 2.05) is 17.2 Å². The first kappa shape index (κ1) is 21.5. The van der Waals surface area contributed by atoms with Crippen LogP contribution in [0.4, 0.5) is 0 Å². The van der Waals surface area contributed by atoms with Gasteiger partial charge in [-0.15, -0.1) is 11.3 Å². The Morgan fingerprint density at radius 1 is 1.29 bits per heavy atom. The van der Waals surface area contributed by atoms with Crippen molar-refractivity contribution >= 4 is 34.8 Å². The van der Waals surface area contributed by atoms with Crippen LogP contribution in [0.25, 0.3) is 11.5 Å². The Hall–Kier alpha value is -2.78. The van der Waals surface area contributed by atoms with Crippen molar-refractivity contribution in [3.05, 3.63) is 50.7 Å². The van der Waals surface area contributed by atoms with Gasteiger partial charge in [0.15, 0.2) is 11.5 Å². The van der Waals surface area contributed by atoms with Crippen LogP contribution in [0.5, 0.6) is 0 Å². The molecule has 3 aromatic rings. The fourth-order valence-electron chi connectivity index (χ4n) is 3.47. The van der Waals surface area contributed by atoms with Gasteiger partial charge in [-0.3, -0.25) is 4.79 Å². The van der Waals surface area contributed by atoms with Crippen LogP contribution in [-0.4, -0.2) is 51.6 Å². The zero-order valence-electron chi connectivity index (χ0n) is 17.1. The number of rotatable bonds is 5. The lowest BCUT2D eigenvalue weighted by atomic mass is 9.97. The molecule has 1 fully saturated rings. The highest BCUT2D eigenvalue weighted by Crippen LogP contribution is 2.33. The number of likely N-dealkylation sites (tertiary alicyclic amines) is 1. The van der Waals surface area contributed by atoms with E-state index in [2.05, 4.69) is 15.1 Å². The summed E-state index contributed by atoms with van der Waals surface area (Å²) in [6.45, 7) is 5.09. The van der Waals surface area contributed by atoms with Crippen molar-refractivity contribution < 1.29 is 18.8 Å². The lowest BCUT2D eigenvalue weighted by Gasteiger charge is -2.31. The number of thiazole rings is 1. The number of aryl methyl sites for hydroxylation is 1. The molecule has 0 spiro atoms. The van der Waals surface area contributed by atoms with Crippen LogP contribution in [0, 0.1) is 6.92 Å². The van der Waals surface area contributed by atoms with Crippen molar-refractivity contribution in [1.82, 2.24) is 20.0 Å². The minimum Gasteiger partial charge on any atom is -0.461 e. The normalized spacial score (nSPS) is 14.6. The Morgan fingerprint density at radius 2 is 2.06 bits per heavy atom. The summed E-state index contributed by atoms with van der Waals surface area (Å²) < 4.78 is 10.2. The van der Waals surface area contributed by atoms with Crippen LogP contribution >= 0.6 is 22.9 Å². The van der Waals surface area contributed by atoms with E-state index in [1.165, 1.54) is 17.4 Å². The number of hydrogen-bond acceptors (Lipinski definition) is 8. The van der Waals surface area contributed by atoms with Crippen molar-refractivity contribution in [1.29, 1.82) is 0 Å². The number of pyridine rings is 1. The number of amides is 1. The topological polar surface area (TPSA) is 98.4 Å². The number of nitrogens with zero attached hydrogens (tertiary/aromatic N) is 4. The molecule has 0 atom stereocenters. The first-order chi connectivity index (χ1) is 15.0. The molecular formula is C21H21ClN4O4S. The summed E-state index contributed by atoms with van der Waals surface area (Å²) in [5.74, 6) is 0.0688. The molecule has 3 aromatic heterocycles. The standard InChI is InChI=1S/C21H21ClN4O4S/c1-3-29-21(28)15-10-17(30-25-15)16-11-31-19(24-16)13-6-8-26(9-7-13)20(27)14-5-4-12(2)23-18(14)22/h4-5,10-11,13H,3,6-9H2,1-2H3. The second-order valence-electron chi connectivity index (χ2n) is 7.23. The Labute approximate surface area is 188 Å². The second-order valence-corrected chi connectivity index (χ2v) is 8.47. The SMILES string of the molecule is CCOC(=O)c1cc(-c2csc(C3CCN(C(=O)c4ccc(C)nc4Cl)CC3)n2)on1. The maximum Gasteiger partial charge on any atom is 0.360 e. The van der Waals surface area contributed by atoms with Gasteiger partial charge in [0, 0.05) is 36.1 Å². The van der Waals surface area contributed by atoms with E-state index < -0.39 is 5.97 Å². The number of carbonyl (C=O) groups excluding carboxylic acids is 2. The molecule has 10 heteroatoms. The summed E-state index contributed by atoms with van der Waals surface area (Å²) in [5, 5.41) is 6.87. The van der Waals surface area contributed by atoms with E-state index in [0.29, 0.717) is 30.1 Å². The minimum atomic E-state index is -0.520. The number of hydrogen-bond donors (Lipinski definition) is 0. The van der Waals surface area contributed by atoms with Crippen LogP contribution in [0.3, 0.4) is 0 Å². The highest BCUT2D eigenvalue weighted by atomic mass is 35.5. The fraction of sp³-hybridized carbons (Fsp3) is 0.381. The molecule has 1 aliphatic rings. The van der Waals surface area contributed by atoms with Crippen LogP contribution < -0.4 is 0 Å². The number of piperidine rings is 1. The summed E-state index contributed by atoms with van der Waals surface area (Å²) in [4.78, 5) is 35.2. The molecule has 0 aliphatic carbocycles. The Balaban J connectivity index is 1.39. The van der Waals surface area contributed by atoms with Gasteiger partial charge in [-0.25, -0.2) is 14.8 Å². The van der Waals surface area contributed by atoms with Crippen molar-refractivity contribution in [2.75, 3.05) is 19.7 Å².